The number of carboxylic acid groups (broad SMARTS) is 1. The Morgan fingerprint density at radius 1 is 0.839 bits per heavy atom. The lowest BCUT2D eigenvalue weighted by molar-refractivity contribution is 0.0697. The molecule has 0 radical (unpaired) electrons. The number of benzene rings is 2. The van der Waals surface area contributed by atoms with Crippen LogP contribution in [0.25, 0.3) is 0 Å². The molecule has 0 saturated heterocycles. The highest BCUT2D eigenvalue weighted by Crippen LogP contribution is 2.41. The third-order valence-corrected chi connectivity index (χ3v) is 3.78. The largest absolute Gasteiger partial charge is 0.503 e. The summed E-state index contributed by atoms with van der Waals surface area (Å²) in [5.41, 5.74) is 3.42. The van der Waals surface area contributed by atoms with Crippen molar-refractivity contribution in [2.24, 2.45) is 0 Å². The Labute approximate surface area is 167 Å². The minimum atomic E-state index is -2.16. The van der Waals surface area contributed by atoms with Crippen LogP contribution in [-0.2, 0) is 0 Å². The summed E-state index contributed by atoms with van der Waals surface area (Å²) >= 11 is 0. The molecule has 2 aromatic carbocycles. The number of ether oxygens (including phenoxy) is 2. The molecule has 0 amide bonds. The van der Waals surface area contributed by atoms with Crippen LogP contribution in [0.5, 0.6) is 28.9 Å². The van der Waals surface area contributed by atoms with Gasteiger partial charge in [-0.15, -0.1) is 0 Å². The van der Waals surface area contributed by atoms with Crippen LogP contribution in [0, 0.1) is 35.0 Å². The standard InChI is InChI=1S/C18H8F6N2O5/c19-7-8(20)14(9(21)13(27)12(7)25)31-15-10(22)16(24)26-17(11(15)23)30-6-3-1-5(2-4-6)18(28)29/h1-4,27H,25H2,(H,28,29). The van der Waals surface area contributed by atoms with Gasteiger partial charge in [0.1, 0.15) is 11.4 Å². The number of anilines is 1. The molecule has 0 unspecified atom stereocenters. The summed E-state index contributed by atoms with van der Waals surface area (Å²) in [5.74, 6) is -20.3. The third-order valence-electron chi connectivity index (χ3n) is 3.78. The minimum absolute atomic E-state index is 0.175. The smallest absolute Gasteiger partial charge is 0.335 e. The zero-order valence-corrected chi connectivity index (χ0v) is 14.7. The van der Waals surface area contributed by atoms with E-state index in [0.717, 1.165) is 24.3 Å². The van der Waals surface area contributed by atoms with Gasteiger partial charge in [-0.3, -0.25) is 0 Å². The summed E-state index contributed by atoms with van der Waals surface area (Å²) in [5, 5.41) is 18.2. The highest BCUT2D eigenvalue weighted by atomic mass is 19.2. The molecule has 162 valence electrons. The zero-order valence-electron chi connectivity index (χ0n) is 14.7. The maximum absolute atomic E-state index is 14.6. The number of hydrogen-bond donors (Lipinski definition) is 3. The van der Waals surface area contributed by atoms with E-state index in [9.17, 15) is 36.2 Å². The lowest BCUT2D eigenvalue weighted by Gasteiger charge is -2.14. The number of rotatable bonds is 5. The van der Waals surface area contributed by atoms with Crippen molar-refractivity contribution in [1.82, 2.24) is 4.98 Å². The van der Waals surface area contributed by atoms with Gasteiger partial charge in [0.25, 0.3) is 11.8 Å². The molecule has 1 heterocycles. The number of nitrogens with zero attached hydrogens (tertiary/aromatic N) is 1. The fourth-order valence-electron chi connectivity index (χ4n) is 2.24. The number of aromatic carboxylic acids is 1. The number of carboxylic acids is 1. The van der Waals surface area contributed by atoms with Gasteiger partial charge in [-0.1, -0.05) is 0 Å². The molecule has 7 nitrogen and oxygen atoms in total. The molecule has 0 saturated carbocycles. The molecule has 0 aliphatic heterocycles. The van der Waals surface area contributed by atoms with Gasteiger partial charge in [0.05, 0.1) is 5.56 Å². The molecule has 1 aromatic heterocycles. The van der Waals surface area contributed by atoms with Crippen LogP contribution in [-0.4, -0.2) is 21.2 Å². The molecular weight excluding hydrogens is 438 g/mol. The minimum Gasteiger partial charge on any atom is -0.503 e. The third kappa shape index (κ3) is 3.84. The molecule has 0 fully saturated rings. The molecule has 0 aliphatic carbocycles. The van der Waals surface area contributed by atoms with Crippen molar-refractivity contribution < 1.29 is 50.8 Å². The number of phenols is 1. The number of aromatic nitrogens is 1. The van der Waals surface area contributed by atoms with Crippen molar-refractivity contribution in [3.05, 3.63) is 64.9 Å². The van der Waals surface area contributed by atoms with E-state index < -0.39 is 69.8 Å². The van der Waals surface area contributed by atoms with Crippen molar-refractivity contribution in [3.8, 4) is 28.9 Å². The average Bonchev–Trinajstić information content (AvgIpc) is 2.74. The number of nitrogen functional groups attached to an aromatic ring is 1. The second kappa shape index (κ2) is 7.93. The molecular formula is C18H8F6N2O5. The Bertz CT molecular complexity index is 1170. The van der Waals surface area contributed by atoms with Gasteiger partial charge in [0.2, 0.25) is 34.8 Å². The van der Waals surface area contributed by atoms with Crippen LogP contribution >= 0.6 is 0 Å². The Morgan fingerprint density at radius 3 is 2.00 bits per heavy atom. The first-order valence-corrected chi connectivity index (χ1v) is 7.91. The predicted molar refractivity (Wildman–Crippen MR) is 90.1 cm³/mol. The van der Waals surface area contributed by atoms with E-state index in [1.807, 2.05) is 0 Å². The molecule has 3 rings (SSSR count). The molecule has 3 aromatic rings. The van der Waals surface area contributed by atoms with Crippen LogP contribution in [0.2, 0.25) is 0 Å². The summed E-state index contributed by atoms with van der Waals surface area (Å²) in [6.07, 6.45) is 0. The summed E-state index contributed by atoms with van der Waals surface area (Å²) in [4.78, 5) is 13.7. The highest BCUT2D eigenvalue weighted by molar-refractivity contribution is 5.87. The first-order valence-electron chi connectivity index (χ1n) is 7.91. The van der Waals surface area contributed by atoms with E-state index in [2.05, 4.69) is 9.72 Å². The summed E-state index contributed by atoms with van der Waals surface area (Å²) in [6.45, 7) is 0. The van der Waals surface area contributed by atoms with Crippen LogP contribution in [0.15, 0.2) is 24.3 Å². The van der Waals surface area contributed by atoms with Gasteiger partial charge >= 0.3 is 5.97 Å². The topological polar surface area (TPSA) is 115 Å². The van der Waals surface area contributed by atoms with E-state index in [4.69, 9.17) is 15.6 Å². The monoisotopic (exact) mass is 446 g/mol. The number of phenolic OH excluding ortho intramolecular Hbond substituents is 1. The van der Waals surface area contributed by atoms with Crippen molar-refractivity contribution in [1.29, 1.82) is 0 Å². The fourth-order valence-corrected chi connectivity index (χ4v) is 2.24. The maximum Gasteiger partial charge on any atom is 0.335 e. The first-order chi connectivity index (χ1) is 14.5. The van der Waals surface area contributed by atoms with E-state index in [-0.39, 0.29) is 11.3 Å². The number of pyridine rings is 1. The van der Waals surface area contributed by atoms with Crippen LogP contribution in [0.3, 0.4) is 0 Å². The molecule has 31 heavy (non-hydrogen) atoms. The Morgan fingerprint density at radius 2 is 1.42 bits per heavy atom. The zero-order chi connectivity index (χ0) is 23.0. The Balaban J connectivity index is 2.05. The van der Waals surface area contributed by atoms with Gasteiger partial charge in [-0.25, -0.2) is 9.18 Å². The van der Waals surface area contributed by atoms with Gasteiger partial charge in [0.15, 0.2) is 11.6 Å². The van der Waals surface area contributed by atoms with E-state index in [1.165, 1.54) is 0 Å². The summed E-state index contributed by atoms with van der Waals surface area (Å²) in [7, 11) is 0. The van der Waals surface area contributed by atoms with E-state index >= 15 is 0 Å². The van der Waals surface area contributed by atoms with Gasteiger partial charge in [0, 0.05) is 0 Å². The fraction of sp³-hybridized carbons (Fsp3) is 0. The summed E-state index contributed by atoms with van der Waals surface area (Å²) < 4.78 is 93.2. The highest BCUT2D eigenvalue weighted by Gasteiger charge is 2.30. The van der Waals surface area contributed by atoms with E-state index in [1.54, 1.807) is 0 Å². The summed E-state index contributed by atoms with van der Waals surface area (Å²) in [6, 6.07) is 4.13. The normalized spacial score (nSPS) is 10.8. The van der Waals surface area contributed by atoms with E-state index in [0.29, 0.717) is 0 Å². The molecule has 0 atom stereocenters. The Hall–Kier alpha value is -4.16. The molecule has 0 spiro atoms. The first kappa shape index (κ1) is 21.5. The lowest BCUT2D eigenvalue weighted by atomic mass is 10.2. The molecule has 0 bridgehead atoms. The number of aromatic hydroxyl groups is 1. The van der Waals surface area contributed by atoms with Crippen LogP contribution in [0.4, 0.5) is 32.0 Å². The Kier molecular flexibility index (Phi) is 5.51. The quantitative estimate of drug-likeness (QED) is 0.174. The van der Waals surface area contributed by atoms with Crippen molar-refractivity contribution >= 4 is 11.7 Å². The van der Waals surface area contributed by atoms with Gasteiger partial charge in [-0.05, 0) is 24.3 Å². The van der Waals surface area contributed by atoms with Crippen molar-refractivity contribution in [3.63, 3.8) is 0 Å². The number of carbonyl (C=O) groups is 1. The number of nitrogens with two attached hydrogens (primary N) is 1. The maximum atomic E-state index is 14.6. The number of hydrogen-bond acceptors (Lipinski definition) is 6. The van der Waals surface area contributed by atoms with Gasteiger partial charge in [-0.2, -0.15) is 26.9 Å². The lowest BCUT2D eigenvalue weighted by Crippen LogP contribution is -2.06. The number of halogens is 6. The van der Waals surface area contributed by atoms with Crippen molar-refractivity contribution in [2.45, 2.75) is 0 Å². The second-order valence-corrected chi connectivity index (χ2v) is 5.73. The average molecular weight is 446 g/mol. The van der Waals surface area contributed by atoms with Crippen LogP contribution in [0.1, 0.15) is 10.4 Å². The predicted octanol–water partition coefficient (Wildman–Crippen LogP) is 4.49. The molecule has 13 heteroatoms. The van der Waals surface area contributed by atoms with Crippen LogP contribution < -0.4 is 15.2 Å². The SMILES string of the molecule is Nc1c(O)c(F)c(Oc2c(F)c(F)nc(Oc3ccc(C(=O)O)cc3)c2F)c(F)c1F. The van der Waals surface area contributed by atoms with Gasteiger partial charge < -0.3 is 25.4 Å². The second-order valence-electron chi connectivity index (χ2n) is 5.73. The molecule has 4 N–H and O–H groups in total. The molecule has 0 aliphatic rings. The van der Waals surface area contributed by atoms with Crippen molar-refractivity contribution in [2.75, 3.05) is 5.73 Å².